The van der Waals surface area contributed by atoms with Gasteiger partial charge in [-0.1, -0.05) is 35.4 Å². The summed E-state index contributed by atoms with van der Waals surface area (Å²) in [5.74, 6) is -0.506. The minimum absolute atomic E-state index is 0.261. The zero-order chi connectivity index (χ0) is 18.4. The molecule has 1 atom stereocenters. The maximum atomic E-state index is 11.9. The molecule has 0 bridgehead atoms. The molecule has 0 fully saturated rings. The van der Waals surface area contributed by atoms with E-state index in [1.165, 1.54) is 18.2 Å². The number of carbonyl (C=O) groups is 1. The third-order valence-corrected chi connectivity index (χ3v) is 4.26. The summed E-state index contributed by atoms with van der Waals surface area (Å²) >= 11 is 3.47. The van der Waals surface area contributed by atoms with Crippen molar-refractivity contribution >= 4 is 46.3 Å². The first-order chi connectivity index (χ1) is 11.9. The lowest BCUT2D eigenvalue weighted by molar-refractivity contribution is -0.137. The topological polar surface area (TPSA) is 69.7 Å². The van der Waals surface area contributed by atoms with Gasteiger partial charge >= 0.3 is 5.97 Å². The number of benzene rings is 2. The summed E-state index contributed by atoms with van der Waals surface area (Å²) in [5, 5.41) is 0.380. The van der Waals surface area contributed by atoms with Crippen LogP contribution in [0.5, 0.6) is 0 Å². The van der Waals surface area contributed by atoms with Crippen LogP contribution in [0.1, 0.15) is 18.1 Å². The predicted octanol–water partition coefficient (Wildman–Crippen LogP) is 4.16. The van der Waals surface area contributed by atoms with Gasteiger partial charge in [-0.25, -0.2) is 4.79 Å². The SMILES string of the molecule is CCOC(=O)C=Cc1ccc(Cl)cc1N(c1ccc(C)cc1)S(=O)[O-]. The monoisotopic (exact) mass is 378 g/mol. The maximum Gasteiger partial charge on any atom is 0.330 e. The third kappa shape index (κ3) is 5.16. The third-order valence-electron chi connectivity index (χ3n) is 3.31. The molecule has 0 aliphatic heterocycles. The second kappa shape index (κ2) is 8.80. The van der Waals surface area contributed by atoms with Crippen molar-refractivity contribution in [2.24, 2.45) is 0 Å². The van der Waals surface area contributed by atoms with Gasteiger partial charge in [-0.15, -0.1) is 0 Å². The summed E-state index contributed by atoms with van der Waals surface area (Å²) in [7, 11) is 0. The summed E-state index contributed by atoms with van der Waals surface area (Å²) in [6.45, 7) is 3.88. The Morgan fingerprint density at radius 2 is 1.96 bits per heavy atom. The van der Waals surface area contributed by atoms with Crippen molar-refractivity contribution in [2.75, 3.05) is 10.9 Å². The fourth-order valence-electron chi connectivity index (χ4n) is 2.17. The molecule has 0 aliphatic carbocycles. The minimum atomic E-state index is -2.57. The molecule has 5 nitrogen and oxygen atoms in total. The molecular weight excluding hydrogens is 362 g/mol. The molecule has 7 heteroatoms. The van der Waals surface area contributed by atoms with E-state index in [-0.39, 0.29) is 6.61 Å². The number of ether oxygens (including phenoxy) is 1. The van der Waals surface area contributed by atoms with E-state index >= 15 is 0 Å². The summed E-state index contributed by atoms with van der Waals surface area (Å²) in [6, 6.07) is 11.8. The number of halogens is 1. The Hall–Kier alpha value is -2.15. The summed E-state index contributed by atoms with van der Waals surface area (Å²) in [5.41, 5.74) is 2.33. The van der Waals surface area contributed by atoms with E-state index < -0.39 is 17.2 Å². The van der Waals surface area contributed by atoms with Crippen LogP contribution in [0.3, 0.4) is 0 Å². The van der Waals surface area contributed by atoms with Gasteiger partial charge in [-0.3, -0.25) is 8.51 Å². The molecule has 0 heterocycles. The van der Waals surface area contributed by atoms with E-state index in [1.807, 2.05) is 19.1 Å². The molecule has 0 spiro atoms. The largest absolute Gasteiger partial charge is 0.755 e. The lowest BCUT2D eigenvalue weighted by atomic mass is 10.1. The van der Waals surface area contributed by atoms with E-state index in [2.05, 4.69) is 0 Å². The first kappa shape index (κ1) is 19.2. The molecule has 0 aliphatic rings. The zero-order valence-electron chi connectivity index (χ0n) is 13.8. The van der Waals surface area contributed by atoms with Crippen LogP contribution in [-0.4, -0.2) is 21.3 Å². The molecule has 2 rings (SSSR count). The zero-order valence-corrected chi connectivity index (χ0v) is 15.3. The highest BCUT2D eigenvalue weighted by Crippen LogP contribution is 2.33. The van der Waals surface area contributed by atoms with Gasteiger partial charge in [-0.05, 0) is 49.8 Å². The van der Waals surface area contributed by atoms with Crippen LogP contribution >= 0.6 is 11.6 Å². The second-order valence-electron chi connectivity index (χ2n) is 5.14. The average molecular weight is 379 g/mol. The molecule has 25 heavy (non-hydrogen) atoms. The highest BCUT2D eigenvalue weighted by Gasteiger charge is 2.14. The average Bonchev–Trinajstić information content (AvgIpc) is 2.56. The predicted molar refractivity (Wildman–Crippen MR) is 99.4 cm³/mol. The number of aryl methyl sites for hydroxylation is 1. The van der Waals surface area contributed by atoms with Crippen LogP contribution in [0.4, 0.5) is 11.4 Å². The Kier molecular flexibility index (Phi) is 6.75. The first-order valence-electron chi connectivity index (χ1n) is 7.53. The number of nitrogens with zero attached hydrogens (tertiary/aromatic N) is 1. The number of rotatable bonds is 6. The number of carbonyl (C=O) groups excluding carboxylic acids is 1. The first-order valence-corrected chi connectivity index (χ1v) is 8.94. The van der Waals surface area contributed by atoms with Crippen LogP contribution < -0.4 is 4.31 Å². The highest BCUT2D eigenvalue weighted by atomic mass is 35.5. The number of hydrogen-bond donors (Lipinski definition) is 0. The van der Waals surface area contributed by atoms with Gasteiger partial charge in [0.15, 0.2) is 0 Å². The summed E-state index contributed by atoms with van der Waals surface area (Å²) < 4.78 is 29.7. The van der Waals surface area contributed by atoms with Gasteiger partial charge in [0, 0.05) is 11.1 Å². The van der Waals surface area contributed by atoms with Crippen molar-refractivity contribution < 1.29 is 18.3 Å². The fourth-order valence-corrected chi connectivity index (χ4v) is 2.95. The Labute approximate surface area is 154 Å². The molecule has 132 valence electrons. The second-order valence-corrected chi connectivity index (χ2v) is 6.37. The summed E-state index contributed by atoms with van der Waals surface area (Å²) in [4.78, 5) is 11.5. The quantitative estimate of drug-likeness (QED) is 0.430. The number of anilines is 2. The van der Waals surface area contributed by atoms with Crippen LogP contribution in [0.2, 0.25) is 5.02 Å². The van der Waals surface area contributed by atoms with Crippen molar-refractivity contribution in [2.45, 2.75) is 13.8 Å². The molecule has 0 radical (unpaired) electrons. The van der Waals surface area contributed by atoms with Gasteiger partial charge in [0.25, 0.3) is 0 Å². The Morgan fingerprint density at radius 3 is 2.56 bits per heavy atom. The molecule has 0 amide bonds. The van der Waals surface area contributed by atoms with Crippen molar-refractivity contribution in [3.63, 3.8) is 0 Å². The van der Waals surface area contributed by atoms with Crippen LogP contribution in [0, 0.1) is 6.92 Å². The number of esters is 1. The van der Waals surface area contributed by atoms with Crippen molar-refractivity contribution in [3.05, 3.63) is 64.7 Å². The van der Waals surface area contributed by atoms with Gasteiger partial charge in [0.1, 0.15) is 0 Å². The normalized spacial score (nSPS) is 12.2. The standard InChI is InChI=1S/C18H18ClNO4S/c1-3-24-18(21)11-7-14-6-8-15(19)12-17(14)20(25(22)23)16-9-4-13(2)5-10-16/h4-12H,3H2,1-2H3,(H,22,23)/p-1. The van der Waals surface area contributed by atoms with E-state index in [0.717, 1.165) is 9.87 Å². The lowest BCUT2D eigenvalue weighted by Crippen LogP contribution is -2.20. The molecule has 0 saturated carbocycles. The fraction of sp³-hybridized carbons (Fsp3) is 0.167. The Morgan fingerprint density at radius 1 is 1.28 bits per heavy atom. The smallest absolute Gasteiger partial charge is 0.330 e. The molecule has 0 aromatic heterocycles. The highest BCUT2D eigenvalue weighted by molar-refractivity contribution is 7.81. The van der Waals surface area contributed by atoms with E-state index in [9.17, 15) is 13.6 Å². The molecular formula is C18H17ClNO4S-. The Balaban J connectivity index is 2.50. The summed E-state index contributed by atoms with van der Waals surface area (Å²) in [6.07, 6.45) is 2.75. The van der Waals surface area contributed by atoms with Gasteiger partial charge < -0.3 is 9.29 Å². The number of hydrogen-bond acceptors (Lipinski definition) is 4. The van der Waals surface area contributed by atoms with Crippen molar-refractivity contribution in [1.82, 2.24) is 0 Å². The molecule has 2 aromatic rings. The van der Waals surface area contributed by atoms with Crippen LogP contribution in [0.25, 0.3) is 6.08 Å². The lowest BCUT2D eigenvalue weighted by Gasteiger charge is -2.28. The Bertz CT molecular complexity index is 805. The molecule has 0 N–H and O–H groups in total. The van der Waals surface area contributed by atoms with Crippen LogP contribution in [-0.2, 0) is 20.8 Å². The van der Waals surface area contributed by atoms with Gasteiger partial charge in [-0.2, -0.15) is 0 Å². The van der Waals surface area contributed by atoms with Crippen LogP contribution in [0.15, 0.2) is 48.5 Å². The van der Waals surface area contributed by atoms with Gasteiger partial charge in [0.05, 0.1) is 29.2 Å². The minimum Gasteiger partial charge on any atom is -0.755 e. The molecule has 1 unspecified atom stereocenters. The molecule has 0 saturated heterocycles. The van der Waals surface area contributed by atoms with E-state index in [0.29, 0.717) is 22.0 Å². The van der Waals surface area contributed by atoms with E-state index in [1.54, 1.807) is 31.2 Å². The van der Waals surface area contributed by atoms with Crippen molar-refractivity contribution in [3.8, 4) is 0 Å². The van der Waals surface area contributed by atoms with Crippen molar-refractivity contribution in [1.29, 1.82) is 0 Å². The van der Waals surface area contributed by atoms with E-state index in [4.69, 9.17) is 16.3 Å². The maximum absolute atomic E-state index is 11.9. The molecule has 2 aromatic carbocycles. The van der Waals surface area contributed by atoms with Gasteiger partial charge in [0.2, 0.25) is 0 Å².